The lowest BCUT2D eigenvalue weighted by molar-refractivity contribution is 0.233. The molecule has 5 nitrogen and oxygen atoms in total. The van der Waals surface area contributed by atoms with E-state index in [-0.39, 0.29) is 0 Å². The number of hydrogen-bond donors (Lipinski definition) is 1. The second-order valence-electron chi connectivity index (χ2n) is 4.47. The lowest BCUT2D eigenvalue weighted by Crippen LogP contribution is -2.43. The van der Waals surface area contributed by atoms with Crippen LogP contribution >= 0.6 is 0 Å². The van der Waals surface area contributed by atoms with E-state index >= 15 is 0 Å². The van der Waals surface area contributed by atoms with Crippen molar-refractivity contribution >= 4 is 0 Å². The van der Waals surface area contributed by atoms with E-state index in [1.807, 2.05) is 6.07 Å². The van der Waals surface area contributed by atoms with Gasteiger partial charge in [0, 0.05) is 32.7 Å². The zero-order valence-corrected chi connectivity index (χ0v) is 10.3. The zero-order chi connectivity index (χ0) is 12.2. The van der Waals surface area contributed by atoms with Crippen LogP contribution in [0, 0.1) is 0 Å². The average Bonchev–Trinajstić information content (AvgIpc) is 2.94. The highest BCUT2D eigenvalue weighted by Crippen LogP contribution is 2.14. The third-order valence-electron chi connectivity index (χ3n) is 3.23. The number of rotatable bonds is 3. The molecular formula is C13H17N5. The summed E-state index contributed by atoms with van der Waals surface area (Å²) in [6, 6.07) is 8.32. The first-order chi connectivity index (χ1) is 8.93. The molecule has 1 aliphatic heterocycles. The normalized spacial score (nSPS) is 16.9. The molecule has 0 radical (unpaired) electrons. The molecule has 3 rings (SSSR count). The maximum atomic E-state index is 4.21. The Bertz CT molecular complexity index is 488. The van der Waals surface area contributed by atoms with Crippen molar-refractivity contribution in [3.05, 3.63) is 42.2 Å². The number of piperazine rings is 1. The predicted molar refractivity (Wildman–Crippen MR) is 69.5 cm³/mol. The van der Waals surface area contributed by atoms with Crippen LogP contribution < -0.4 is 5.32 Å². The summed E-state index contributed by atoms with van der Waals surface area (Å²) in [6.45, 7) is 5.30. The molecule has 1 N–H and O–H groups in total. The summed E-state index contributed by atoms with van der Waals surface area (Å²) < 4.78 is 0. The second-order valence-corrected chi connectivity index (χ2v) is 4.47. The van der Waals surface area contributed by atoms with Crippen molar-refractivity contribution in [3.8, 4) is 5.69 Å². The summed E-state index contributed by atoms with van der Waals surface area (Å²) in [4.78, 5) is 4.15. The summed E-state index contributed by atoms with van der Waals surface area (Å²) in [5.74, 6) is 0. The van der Waals surface area contributed by atoms with Crippen LogP contribution in [0.25, 0.3) is 5.69 Å². The number of aromatic nitrogens is 3. The molecule has 1 aromatic heterocycles. The minimum absolute atomic E-state index is 0.958. The molecule has 5 heteroatoms. The van der Waals surface area contributed by atoms with Crippen LogP contribution in [0.3, 0.4) is 0 Å². The summed E-state index contributed by atoms with van der Waals surface area (Å²) in [7, 11) is 0. The first-order valence-electron chi connectivity index (χ1n) is 6.31. The van der Waals surface area contributed by atoms with Gasteiger partial charge >= 0.3 is 0 Å². The summed E-state index contributed by atoms with van der Waals surface area (Å²) in [6.07, 6.45) is 3.42. The van der Waals surface area contributed by atoms with Crippen molar-refractivity contribution in [1.29, 1.82) is 0 Å². The quantitative estimate of drug-likeness (QED) is 0.861. The Morgan fingerprint density at radius 1 is 1.06 bits per heavy atom. The standard InChI is InChI=1S/C13H17N5/c1-2-4-13(18-15-5-6-16-18)12(3-1)11-17-9-7-14-8-10-17/h1-6,14H,7-11H2. The fraction of sp³-hybridized carbons (Fsp3) is 0.385. The van der Waals surface area contributed by atoms with Crippen LogP contribution in [0.15, 0.2) is 36.7 Å². The SMILES string of the molecule is c1ccc(-n2nccn2)c(CN2CCNCC2)c1. The minimum atomic E-state index is 0.958. The molecule has 0 amide bonds. The van der Waals surface area contributed by atoms with Crippen molar-refractivity contribution in [3.63, 3.8) is 0 Å². The molecule has 1 aromatic carbocycles. The summed E-state index contributed by atoms with van der Waals surface area (Å²) >= 11 is 0. The number of benzene rings is 1. The molecule has 0 atom stereocenters. The molecule has 2 heterocycles. The molecule has 18 heavy (non-hydrogen) atoms. The van der Waals surface area contributed by atoms with Gasteiger partial charge in [-0.3, -0.25) is 4.90 Å². The van der Waals surface area contributed by atoms with Gasteiger partial charge in [0.05, 0.1) is 18.1 Å². The third-order valence-corrected chi connectivity index (χ3v) is 3.23. The molecule has 0 saturated carbocycles. The van der Waals surface area contributed by atoms with E-state index in [9.17, 15) is 0 Å². The van der Waals surface area contributed by atoms with Crippen LogP contribution in [-0.2, 0) is 6.54 Å². The molecular weight excluding hydrogens is 226 g/mol. The molecule has 2 aromatic rings. The van der Waals surface area contributed by atoms with Gasteiger partial charge in [0.25, 0.3) is 0 Å². The Morgan fingerprint density at radius 3 is 2.56 bits per heavy atom. The van der Waals surface area contributed by atoms with Gasteiger partial charge in [-0.2, -0.15) is 15.0 Å². The van der Waals surface area contributed by atoms with Gasteiger partial charge in [-0.05, 0) is 11.6 Å². The number of nitrogens with one attached hydrogen (secondary N) is 1. The molecule has 1 aliphatic rings. The number of para-hydroxylation sites is 1. The molecule has 0 unspecified atom stereocenters. The molecule has 1 saturated heterocycles. The maximum absolute atomic E-state index is 4.21. The Kier molecular flexibility index (Phi) is 3.34. The van der Waals surface area contributed by atoms with Crippen molar-refractivity contribution in [2.45, 2.75) is 6.54 Å². The second kappa shape index (κ2) is 5.29. The molecule has 0 bridgehead atoms. The van der Waals surface area contributed by atoms with Crippen LogP contribution in [0.5, 0.6) is 0 Å². The van der Waals surface area contributed by atoms with E-state index in [1.165, 1.54) is 5.56 Å². The first-order valence-corrected chi connectivity index (χ1v) is 6.31. The van der Waals surface area contributed by atoms with Crippen LogP contribution in [-0.4, -0.2) is 46.1 Å². The van der Waals surface area contributed by atoms with E-state index in [0.29, 0.717) is 0 Å². The molecule has 0 spiro atoms. The van der Waals surface area contributed by atoms with Crippen molar-refractivity contribution < 1.29 is 0 Å². The Hall–Kier alpha value is -1.72. The third kappa shape index (κ3) is 2.42. The van der Waals surface area contributed by atoms with Gasteiger partial charge in [-0.15, -0.1) is 0 Å². The fourth-order valence-electron chi connectivity index (χ4n) is 2.29. The minimum Gasteiger partial charge on any atom is -0.314 e. The van der Waals surface area contributed by atoms with E-state index in [0.717, 1.165) is 38.4 Å². The van der Waals surface area contributed by atoms with Crippen molar-refractivity contribution in [1.82, 2.24) is 25.2 Å². The summed E-state index contributed by atoms with van der Waals surface area (Å²) in [5, 5.41) is 11.8. The van der Waals surface area contributed by atoms with E-state index in [4.69, 9.17) is 0 Å². The number of hydrogen-bond acceptors (Lipinski definition) is 4. The van der Waals surface area contributed by atoms with Gasteiger partial charge in [0.1, 0.15) is 0 Å². The Balaban J connectivity index is 1.83. The van der Waals surface area contributed by atoms with E-state index < -0.39 is 0 Å². The predicted octanol–water partition coefficient (Wildman–Crippen LogP) is 0.672. The lowest BCUT2D eigenvalue weighted by Gasteiger charge is -2.27. The van der Waals surface area contributed by atoms with Crippen molar-refractivity contribution in [2.24, 2.45) is 0 Å². The largest absolute Gasteiger partial charge is 0.314 e. The van der Waals surface area contributed by atoms with Gasteiger partial charge in [0.15, 0.2) is 0 Å². The molecule has 94 valence electrons. The van der Waals surface area contributed by atoms with Gasteiger partial charge in [-0.25, -0.2) is 0 Å². The molecule has 1 fully saturated rings. The topological polar surface area (TPSA) is 46.0 Å². The number of nitrogens with zero attached hydrogens (tertiary/aromatic N) is 4. The molecule has 0 aliphatic carbocycles. The monoisotopic (exact) mass is 243 g/mol. The van der Waals surface area contributed by atoms with Crippen LogP contribution in [0.4, 0.5) is 0 Å². The van der Waals surface area contributed by atoms with Crippen LogP contribution in [0.1, 0.15) is 5.56 Å². The average molecular weight is 243 g/mol. The highest BCUT2D eigenvalue weighted by atomic mass is 15.5. The maximum Gasteiger partial charge on any atom is 0.0901 e. The van der Waals surface area contributed by atoms with Crippen molar-refractivity contribution in [2.75, 3.05) is 26.2 Å². The van der Waals surface area contributed by atoms with Crippen LogP contribution in [0.2, 0.25) is 0 Å². The Labute approximate surface area is 106 Å². The smallest absolute Gasteiger partial charge is 0.0901 e. The zero-order valence-electron chi connectivity index (χ0n) is 10.3. The highest BCUT2D eigenvalue weighted by molar-refractivity contribution is 5.39. The lowest BCUT2D eigenvalue weighted by atomic mass is 10.1. The van der Waals surface area contributed by atoms with E-state index in [2.05, 4.69) is 38.6 Å². The van der Waals surface area contributed by atoms with E-state index in [1.54, 1.807) is 17.2 Å². The first kappa shape index (κ1) is 11.4. The Morgan fingerprint density at radius 2 is 1.78 bits per heavy atom. The van der Waals surface area contributed by atoms with Gasteiger partial charge < -0.3 is 5.32 Å². The fourth-order valence-corrected chi connectivity index (χ4v) is 2.29. The highest BCUT2D eigenvalue weighted by Gasteiger charge is 2.13. The summed E-state index contributed by atoms with van der Waals surface area (Å²) in [5.41, 5.74) is 2.34. The van der Waals surface area contributed by atoms with Gasteiger partial charge in [-0.1, -0.05) is 18.2 Å². The van der Waals surface area contributed by atoms with Gasteiger partial charge in [0.2, 0.25) is 0 Å².